The maximum absolute atomic E-state index is 6.91. The van der Waals surface area contributed by atoms with E-state index in [4.69, 9.17) is 16.3 Å². The number of likely N-dealkylation sites (tertiary alicyclic amines) is 1. The van der Waals surface area contributed by atoms with Gasteiger partial charge < -0.3 is 9.64 Å². The largest absolute Gasteiger partial charge is 0.494 e. The Labute approximate surface area is 197 Å². The lowest BCUT2D eigenvalue weighted by Gasteiger charge is -2.26. The minimum Gasteiger partial charge on any atom is -0.494 e. The van der Waals surface area contributed by atoms with E-state index in [1.54, 1.807) is 0 Å². The topological polar surface area (TPSA) is 12.5 Å². The van der Waals surface area contributed by atoms with Gasteiger partial charge in [-0.25, -0.2) is 0 Å². The molecular formula is C29H32ClNO. The van der Waals surface area contributed by atoms with Gasteiger partial charge in [0, 0.05) is 5.57 Å². The summed E-state index contributed by atoms with van der Waals surface area (Å²) in [5.74, 6) is 0.912. The summed E-state index contributed by atoms with van der Waals surface area (Å²) >= 11 is 6.91. The van der Waals surface area contributed by atoms with Gasteiger partial charge in [-0.05, 0) is 74.1 Å². The summed E-state index contributed by atoms with van der Waals surface area (Å²) in [5, 5.41) is 0.753. The number of hydrogen-bond donors (Lipinski definition) is 0. The first-order valence-corrected chi connectivity index (χ1v) is 12.2. The Bertz CT molecular complexity index is 977. The van der Waals surface area contributed by atoms with Crippen LogP contribution in [0.4, 0.5) is 0 Å². The molecule has 1 aliphatic rings. The SMILES string of the molecule is Cl/C(=C(/c1ccccc1)c1ccc(OCCCCN2CCCCC2)cc1)c1ccccc1. The van der Waals surface area contributed by atoms with E-state index >= 15 is 0 Å². The zero-order chi connectivity index (χ0) is 22.0. The number of hydrogen-bond acceptors (Lipinski definition) is 2. The van der Waals surface area contributed by atoms with Crippen LogP contribution in [0.2, 0.25) is 0 Å². The molecule has 0 aliphatic carbocycles. The predicted octanol–water partition coefficient (Wildman–Crippen LogP) is 7.49. The summed E-state index contributed by atoms with van der Waals surface area (Å²) in [4.78, 5) is 2.59. The molecule has 32 heavy (non-hydrogen) atoms. The first kappa shape index (κ1) is 22.6. The van der Waals surface area contributed by atoms with Crippen molar-refractivity contribution in [1.82, 2.24) is 4.90 Å². The van der Waals surface area contributed by atoms with Crippen molar-refractivity contribution in [2.24, 2.45) is 0 Å². The van der Waals surface area contributed by atoms with Crippen LogP contribution in [0.1, 0.15) is 48.8 Å². The third-order valence-corrected chi connectivity index (χ3v) is 6.45. The van der Waals surface area contributed by atoms with Crippen LogP contribution < -0.4 is 4.74 Å². The van der Waals surface area contributed by atoms with Crippen LogP contribution in [0.25, 0.3) is 10.6 Å². The van der Waals surface area contributed by atoms with Gasteiger partial charge in [0.1, 0.15) is 5.75 Å². The lowest BCUT2D eigenvalue weighted by Crippen LogP contribution is -2.30. The smallest absolute Gasteiger partial charge is 0.119 e. The van der Waals surface area contributed by atoms with E-state index in [-0.39, 0.29) is 0 Å². The van der Waals surface area contributed by atoms with Gasteiger partial charge >= 0.3 is 0 Å². The highest BCUT2D eigenvalue weighted by Crippen LogP contribution is 2.35. The Morgan fingerprint density at radius 2 is 1.28 bits per heavy atom. The Balaban J connectivity index is 1.41. The molecule has 2 nitrogen and oxygen atoms in total. The number of ether oxygens (including phenoxy) is 1. The molecule has 166 valence electrons. The normalized spacial score (nSPS) is 15.3. The van der Waals surface area contributed by atoms with Crippen molar-refractivity contribution in [3.8, 4) is 5.75 Å². The van der Waals surface area contributed by atoms with Crippen molar-refractivity contribution in [3.63, 3.8) is 0 Å². The maximum Gasteiger partial charge on any atom is 0.119 e. The fourth-order valence-electron chi connectivity index (χ4n) is 4.28. The summed E-state index contributed by atoms with van der Waals surface area (Å²) in [7, 11) is 0. The average molecular weight is 446 g/mol. The Hall–Kier alpha value is -2.55. The predicted molar refractivity (Wildman–Crippen MR) is 136 cm³/mol. The average Bonchev–Trinajstić information content (AvgIpc) is 2.87. The monoisotopic (exact) mass is 445 g/mol. The zero-order valence-corrected chi connectivity index (χ0v) is 19.4. The van der Waals surface area contributed by atoms with Crippen LogP contribution >= 0.6 is 11.6 Å². The summed E-state index contributed by atoms with van der Waals surface area (Å²) in [5.41, 5.74) is 4.24. The van der Waals surface area contributed by atoms with Crippen LogP contribution in [0.3, 0.4) is 0 Å². The van der Waals surface area contributed by atoms with Crippen molar-refractivity contribution >= 4 is 22.2 Å². The second-order valence-electron chi connectivity index (χ2n) is 8.40. The van der Waals surface area contributed by atoms with E-state index < -0.39 is 0 Å². The molecule has 1 aliphatic heterocycles. The number of unbranched alkanes of at least 4 members (excludes halogenated alkanes) is 1. The van der Waals surface area contributed by atoms with Gasteiger partial charge in [-0.2, -0.15) is 0 Å². The van der Waals surface area contributed by atoms with Gasteiger partial charge in [-0.3, -0.25) is 0 Å². The molecule has 0 saturated carbocycles. The highest BCUT2D eigenvalue weighted by Gasteiger charge is 2.13. The molecule has 3 aromatic carbocycles. The molecule has 0 unspecified atom stereocenters. The molecule has 0 amide bonds. The molecule has 0 N–H and O–H groups in total. The van der Waals surface area contributed by atoms with Gasteiger partial charge in [0.25, 0.3) is 0 Å². The minimum absolute atomic E-state index is 0.753. The first-order chi connectivity index (χ1) is 15.8. The fourth-order valence-corrected chi connectivity index (χ4v) is 4.63. The molecule has 0 radical (unpaired) electrons. The zero-order valence-electron chi connectivity index (χ0n) is 18.7. The molecule has 0 bridgehead atoms. The van der Waals surface area contributed by atoms with Crippen LogP contribution in [0, 0.1) is 0 Å². The molecule has 0 spiro atoms. The summed E-state index contributed by atoms with van der Waals surface area (Å²) < 4.78 is 6.01. The Morgan fingerprint density at radius 3 is 1.94 bits per heavy atom. The van der Waals surface area contributed by atoms with Gasteiger partial charge in [0.05, 0.1) is 11.6 Å². The van der Waals surface area contributed by atoms with E-state index in [2.05, 4.69) is 41.3 Å². The number of rotatable bonds is 9. The molecule has 0 atom stereocenters. The number of benzene rings is 3. The molecule has 0 aromatic heterocycles. The fraction of sp³-hybridized carbons (Fsp3) is 0.310. The lowest BCUT2D eigenvalue weighted by molar-refractivity contribution is 0.216. The molecule has 1 fully saturated rings. The highest BCUT2D eigenvalue weighted by atomic mass is 35.5. The summed E-state index contributed by atoms with van der Waals surface area (Å²) in [6.07, 6.45) is 6.40. The second-order valence-corrected chi connectivity index (χ2v) is 8.78. The molecule has 3 heteroatoms. The van der Waals surface area contributed by atoms with Gasteiger partial charge in [-0.15, -0.1) is 0 Å². The van der Waals surface area contributed by atoms with Crippen LogP contribution in [-0.4, -0.2) is 31.1 Å². The number of nitrogens with zero attached hydrogens (tertiary/aromatic N) is 1. The van der Waals surface area contributed by atoms with E-state index in [0.717, 1.165) is 46.1 Å². The van der Waals surface area contributed by atoms with E-state index in [9.17, 15) is 0 Å². The molecular weight excluding hydrogens is 414 g/mol. The van der Waals surface area contributed by atoms with Crippen molar-refractivity contribution < 1.29 is 4.74 Å². The number of halogens is 1. The highest BCUT2D eigenvalue weighted by molar-refractivity contribution is 6.53. The van der Waals surface area contributed by atoms with Crippen molar-refractivity contribution in [3.05, 3.63) is 102 Å². The molecule has 1 saturated heterocycles. The molecule has 1 heterocycles. The van der Waals surface area contributed by atoms with E-state index in [0.29, 0.717) is 0 Å². The van der Waals surface area contributed by atoms with E-state index in [1.165, 1.54) is 45.3 Å². The standard InChI is InChI=1S/C29H32ClNO/c30-29(26-14-6-2-7-15-26)28(24-12-4-1-5-13-24)25-16-18-27(19-17-25)32-23-11-10-22-31-20-8-3-9-21-31/h1-2,4-7,12-19H,3,8-11,20-23H2/b29-28-. The molecule has 3 aromatic rings. The lowest BCUT2D eigenvalue weighted by atomic mass is 9.95. The third kappa shape index (κ3) is 6.25. The first-order valence-electron chi connectivity index (χ1n) is 11.8. The second kappa shape index (κ2) is 11.9. The van der Waals surface area contributed by atoms with Gasteiger partial charge in [0.2, 0.25) is 0 Å². The number of piperidine rings is 1. The van der Waals surface area contributed by atoms with Crippen LogP contribution in [0.15, 0.2) is 84.9 Å². The quantitative estimate of drug-likeness (QED) is 0.250. The maximum atomic E-state index is 6.91. The summed E-state index contributed by atoms with van der Waals surface area (Å²) in [6.45, 7) is 4.50. The Morgan fingerprint density at radius 1 is 0.688 bits per heavy atom. The van der Waals surface area contributed by atoms with Crippen LogP contribution in [0.5, 0.6) is 5.75 Å². The van der Waals surface area contributed by atoms with Crippen LogP contribution in [-0.2, 0) is 0 Å². The molecule has 4 rings (SSSR count). The van der Waals surface area contributed by atoms with Crippen molar-refractivity contribution in [2.75, 3.05) is 26.2 Å². The van der Waals surface area contributed by atoms with E-state index in [1.807, 2.05) is 48.5 Å². The van der Waals surface area contributed by atoms with Crippen molar-refractivity contribution in [2.45, 2.75) is 32.1 Å². The Kier molecular flexibility index (Phi) is 8.42. The summed E-state index contributed by atoms with van der Waals surface area (Å²) in [6, 6.07) is 28.8. The van der Waals surface area contributed by atoms with Gasteiger partial charge in [0.15, 0.2) is 0 Å². The third-order valence-electron chi connectivity index (χ3n) is 6.04. The minimum atomic E-state index is 0.753. The van der Waals surface area contributed by atoms with Crippen molar-refractivity contribution in [1.29, 1.82) is 0 Å². The van der Waals surface area contributed by atoms with Gasteiger partial charge in [-0.1, -0.05) is 90.8 Å².